The molecule has 3 aromatic rings. The zero-order valence-electron chi connectivity index (χ0n) is 15.1. The highest BCUT2D eigenvalue weighted by Gasteiger charge is 2.40. The van der Waals surface area contributed by atoms with Crippen molar-refractivity contribution >= 4 is 10.0 Å². The molecule has 1 saturated heterocycles. The summed E-state index contributed by atoms with van der Waals surface area (Å²) in [5, 5.41) is 3.99. The Hall–Kier alpha value is -2.78. The number of methoxy groups -OCH3 is 1. The van der Waals surface area contributed by atoms with Crippen LogP contribution in [-0.4, -0.2) is 43.1 Å². The minimum atomic E-state index is -3.73. The van der Waals surface area contributed by atoms with Crippen LogP contribution in [-0.2, 0) is 16.4 Å². The molecule has 2 heterocycles. The molecule has 1 aromatic heterocycles. The van der Waals surface area contributed by atoms with Crippen LogP contribution in [0.25, 0.3) is 0 Å². The highest BCUT2D eigenvalue weighted by atomic mass is 32.2. The smallest absolute Gasteiger partial charge is 0.243 e. The van der Waals surface area contributed by atoms with Crippen molar-refractivity contribution in [3.05, 3.63) is 71.6 Å². The normalized spacial score (nSPS) is 15.4. The number of rotatable bonds is 6. The molecule has 1 aliphatic heterocycles. The minimum absolute atomic E-state index is 0.0617. The SMILES string of the molecule is COc1ccccc1Cc1noc(C2CN(S(=O)(=O)c3cccc(F)c3)C2)n1. The number of ether oxygens (including phenoxy) is 1. The van der Waals surface area contributed by atoms with E-state index in [1.165, 1.54) is 22.5 Å². The highest BCUT2D eigenvalue weighted by molar-refractivity contribution is 7.89. The zero-order chi connectivity index (χ0) is 19.7. The summed E-state index contributed by atoms with van der Waals surface area (Å²) in [4.78, 5) is 4.33. The number of hydrogen-bond acceptors (Lipinski definition) is 6. The van der Waals surface area contributed by atoms with E-state index in [1.54, 1.807) is 7.11 Å². The Morgan fingerprint density at radius 2 is 2.00 bits per heavy atom. The maximum absolute atomic E-state index is 13.3. The van der Waals surface area contributed by atoms with E-state index in [0.717, 1.165) is 17.4 Å². The van der Waals surface area contributed by atoms with E-state index in [9.17, 15) is 12.8 Å². The molecule has 0 radical (unpaired) electrons. The second-order valence-electron chi connectivity index (χ2n) is 6.51. The molecule has 1 fully saturated rings. The number of para-hydroxylation sites is 1. The van der Waals surface area contributed by atoms with Crippen LogP contribution in [0, 0.1) is 5.82 Å². The topological polar surface area (TPSA) is 85.5 Å². The Balaban J connectivity index is 1.43. The van der Waals surface area contributed by atoms with Gasteiger partial charge < -0.3 is 9.26 Å². The highest BCUT2D eigenvalue weighted by Crippen LogP contribution is 2.31. The standard InChI is InChI=1S/C19H18FN3O4S/c1-26-17-8-3-2-5-13(17)9-18-21-19(27-22-18)14-11-23(12-14)28(24,25)16-7-4-6-15(20)10-16/h2-8,10,14H,9,11-12H2,1H3. The summed E-state index contributed by atoms with van der Waals surface area (Å²) in [7, 11) is -2.13. The monoisotopic (exact) mass is 403 g/mol. The lowest BCUT2D eigenvalue weighted by molar-refractivity contribution is 0.216. The van der Waals surface area contributed by atoms with Crippen LogP contribution >= 0.6 is 0 Å². The van der Waals surface area contributed by atoms with Gasteiger partial charge in [0.25, 0.3) is 0 Å². The number of sulfonamides is 1. The van der Waals surface area contributed by atoms with Crippen LogP contribution in [0.4, 0.5) is 4.39 Å². The van der Waals surface area contributed by atoms with Gasteiger partial charge >= 0.3 is 0 Å². The molecule has 9 heteroatoms. The first-order valence-corrected chi connectivity index (χ1v) is 10.1. The fraction of sp³-hybridized carbons (Fsp3) is 0.263. The Morgan fingerprint density at radius 3 is 2.75 bits per heavy atom. The Morgan fingerprint density at radius 1 is 1.21 bits per heavy atom. The summed E-state index contributed by atoms with van der Waals surface area (Å²) in [6, 6.07) is 12.5. The molecule has 4 rings (SSSR count). The third kappa shape index (κ3) is 3.50. The van der Waals surface area contributed by atoms with Gasteiger partial charge in [0.2, 0.25) is 15.9 Å². The van der Waals surface area contributed by atoms with Crippen molar-refractivity contribution < 1.29 is 22.1 Å². The number of nitrogens with zero attached hydrogens (tertiary/aromatic N) is 3. The first-order valence-electron chi connectivity index (χ1n) is 8.67. The number of halogens is 1. The van der Waals surface area contributed by atoms with E-state index in [-0.39, 0.29) is 23.9 Å². The van der Waals surface area contributed by atoms with Crippen LogP contribution in [0.15, 0.2) is 57.9 Å². The number of benzene rings is 2. The first kappa shape index (κ1) is 18.6. The van der Waals surface area contributed by atoms with Gasteiger partial charge in [-0.15, -0.1) is 0 Å². The van der Waals surface area contributed by atoms with Crippen molar-refractivity contribution in [1.82, 2.24) is 14.4 Å². The van der Waals surface area contributed by atoms with Crippen LogP contribution in [0.5, 0.6) is 5.75 Å². The van der Waals surface area contributed by atoms with E-state index < -0.39 is 15.8 Å². The third-order valence-electron chi connectivity index (χ3n) is 4.66. The molecule has 28 heavy (non-hydrogen) atoms. The van der Waals surface area contributed by atoms with Gasteiger partial charge in [0.05, 0.1) is 17.9 Å². The van der Waals surface area contributed by atoms with Gasteiger partial charge in [-0.05, 0) is 24.3 Å². The lowest BCUT2D eigenvalue weighted by Crippen LogP contribution is -2.48. The average molecular weight is 403 g/mol. The second-order valence-corrected chi connectivity index (χ2v) is 8.45. The molecular formula is C19H18FN3O4S. The predicted molar refractivity (Wildman–Crippen MR) is 98.0 cm³/mol. The molecule has 0 bridgehead atoms. The zero-order valence-corrected chi connectivity index (χ0v) is 15.9. The van der Waals surface area contributed by atoms with Crippen molar-refractivity contribution in [3.8, 4) is 5.75 Å². The molecule has 146 valence electrons. The van der Waals surface area contributed by atoms with Gasteiger partial charge in [-0.3, -0.25) is 0 Å². The fourth-order valence-electron chi connectivity index (χ4n) is 3.09. The molecule has 0 spiro atoms. The molecular weight excluding hydrogens is 385 g/mol. The Kier molecular flexibility index (Phi) is 4.86. The van der Waals surface area contributed by atoms with Gasteiger partial charge in [0.15, 0.2) is 5.82 Å². The predicted octanol–water partition coefficient (Wildman–Crippen LogP) is 2.60. The maximum Gasteiger partial charge on any atom is 0.243 e. The van der Waals surface area contributed by atoms with E-state index in [0.29, 0.717) is 18.1 Å². The summed E-state index contributed by atoms with van der Waals surface area (Å²) >= 11 is 0. The van der Waals surface area contributed by atoms with E-state index in [4.69, 9.17) is 9.26 Å². The minimum Gasteiger partial charge on any atom is -0.496 e. The average Bonchev–Trinajstić information content (AvgIpc) is 3.08. The van der Waals surface area contributed by atoms with E-state index in [1.807, 2.05) is 24.3 Å². The van der Waals surface area contributed by atoms with Gasteiger partial charge in [-0.1, -0.05) is 29.4 Å². The van der Waals surface area contributed by atoms with Gasteiger partial charge in [0.1, 0.15) is 11.6 Å². The van der Waals surface area contributed by atoms with Crippen LogP contribution in [0.1, 0.15) is 23.2 Å². The summed E-state index contributed by atoms with van der Waals surface area (Å²) in [6.45, 7) is 0.435. The summed E-state index contributed by atoms with van der Waals surface area (Å²) in [5.74, 6) is 0.879. The summed E-state index contributed by atoms with van der Waals surface area (Å²) in [6.07, 6.45) is 0.450. The second kappa shape index (κ2) is 7.33. The molecule has 1 aliphatic rings. The van der Waals surface area contributed by atoms with E-state index in [2.05, 4.69) is 10.1 Å². The third-order valence-corrected chi connectivity index (χ3v) is 6.48. The van der Waals surface area contributed by atoms with Crippen LogP contribution < -0.4 is 4.74 Å². The molecule has 0 unspecified atom stereocenters. The molecule has 2 aromatic carbocycles. The van der Waals surface area contributed by atoms with Gasteiger partial charge in [-0.2, -0.15) is 9.29 Å². The lowest BCUT2D eigenvalue weighted by atomic mass is 10.0. The molecule has 0 N–H and O–H groups in total. The number of hydrogen-bond donors (Lipinski definition) is 0. The molecule has 0 aliphatic carbocycles. The Bertz CT molecular complexity index is 1090. The van der Waals surface area contributed by atoms with Crippen molar-refractivity contribution in [1.29, 1.82) is 0 Å². The quantitative estimate of drug-likeness (QED) is 0.629. The molecule has 0 saturated carbocycles. The molecule has 7 nitrogen and oxygen atoms in total. The molecule has 0 amide bonds. The summed E-state index contributed by atoms with van der Waals surface area (Å²) in [5.41, 5.74) is 0.932. The van der Waals surface area contributed by atoms with Crippen molar-refractivity contribution in [2.45, 2.75) is 17.2 Å². The largest absolute Gasteiger partial charge is 0.496 e. The first-order chi connectivity index (χ1) is 13.5. The van der Waals surface area contributed by atoms with Crippen molar-refractivity contribution in [2.24, 2.45) is 0 Å². The number of aromatic nitrogens is 2. The van der Waals surface area contributed by atoms with Crippen LogP contribution in [0.2, 0.25) is 0 Å². The van der Waals surface area contributed by atoms with Crippen molar-refractivity contribution in [2.75, 3.05) is 20.2 Å². The van der Waals surface area contributed by atoms with Gasteiger partial charge in [-0.25, -0.2) is 12.8 Å². The Labute approximate surface area is 161 Å². The van der Waals surface area contributed by atoms with Gasteiger partial charge in [0, 0.05) is 25.1 Å². The lowest BCUT2D eigenvalue weighted by Gasteiger charge is -2.35. The maximum atomic E-state index is 13.3. The van der Waals surface area contributed by atoms with Crippen LogP contribution in [0.3, 0.4) is 0 Å². The summed E-state index contributed by atoms with van der Waals surface area (Å²) < 4.78 is 50.3. The van der Waals surface area contributed by atoms with E-state index >= 15 is 0 Å². The molecule has 0 atom stereocenters. The van der Waals surface area contributed by atoms with Crippen molar-refractivity contribution in [3.63, 3.8) is 0 Å². The fourth-order valence-corrected chi connectivity index (χ4v) is 4.65.